The number of rotatable bonds is 4. The fraction of sp³-hybridized carbons (Fsp3) is 0.308. The summed E-state index contributed by atoms with van der Waals surface area (Å²) in [6, 6.07) is 3.79. The number of hydrogen-bond acceptors (Lipinski definition) is 2. The van der Waals surface area contributed by atoms with Gasteiger partial charge >= 0.3 is 6.18 Å². The van der Waals surface area contributed by atoms with Crippen LogP contribution in [0.4, 0.5) is 18.9 Å². The predicted octanol–water partition coefficient (Wildman–Crippen LogP) is 3.86. The fourth-order valence-corrected chi connectivity index (χ4v) is 2.30. The fourth-order valence-electron chi connectivity index (χ4n) is 1.81. The first-order chi connectivity index (χ1) is 9.34. The van der Waals surface area contributed by atoms with Crippen LogP contribution in [0, 0.1) is 0 Å². The molecule has 0 unspecified atom stereocenters. The zero-order valence-corrected chi connectivity index (χ0v) is 12.3. The topological polar surface area (TPSA) is 29.9 Å². The molecule has 0 spiro atoms. The lowest BCUT2D eigenvalue weighted by atomic mass is 10.2. The third-order valence-electron chi connectivity index (χ3n) is 2.73. The van der Waals surface area contributed by atoms with Crippen LogP contribution in [0.15, 0.2) is 35.1 Å². The van der Waals surface area contributed by atoms with Crippen molar-refractivity contribution in [1.82, 2.24) is 9.78 Å². The highest BCUT2D eigenvalue weighted by molar-refractivity contribution is 9.10. The summed E-state index contributed by atoms with van der Waals surface area (Å²) in [5.74, 6) is 0. The highest BCUT2D eigenvalue weighted by atomic mass is 79.9. The van der Waals surface area contributed by atoms with Crippen LogP contribution in [0.5, 0.6) is 0 Å². The summed E-state index contributed by atoms with van der Waals surface area (Å²) >= 11 is 3.09. The lowest BCUT2D eigenvalue weighted by Gasteiger charge is -2.11. The van der Waals surface area contributed by atoms with Gasteiger partial charge in [0.1, 0.15) is 0 Å². The van der Waals surface area contributed by atoms with Gasteiger partial charge in [0.25, 0.3) is 0 Å². The Bertz CT molecular complexity index is 593. The number of halogens is 4. The van der Waals surface area contributed by atoms with Crippen molar-refractivity contribution < 1.29 is 13.2 Å². The number of aromatic nitrogens is 2. The van der Waals surface area contributed by atoms with Crippen molar-refractivity contribution in [3.63, 3.8) is 0 Å². The summed E-state index contributed by atoms with van der Waals surface area (Å²) in [6.45, 7) is 0.541. The lowest BCUT2D eigenvalue weighted by molar-refractivity contribution is -0.137. The molecule has 1 N–H and O–H groups in total. The van der Waals surface area contributed by atoms with E-state index in [0.29, 0.717) is 23.1 Å². The molecule has 1 heterocycles. The lowest BCUT2D eigenvalue weighted by Crippen LogP contribution is -2.08. The van der Waals surface area contributed by atoms with Crippen molar-refractivity contribution in [1.29, 1.82) is 0 Å². The molecule has 2 rings (SSSR count). The van der Waals surface area contributed by atoms with Crippen molar-refractivity contribution in [3.8, 4) is 0 Å². The normalized spacial score (nSPS) is 11.7. The molecule has 0 radical (unpaired) electrons. The molecule has 0 saturated heterocycles. The van der Waals surface area contributed by atoms with Gasteiger partial charge in [-0.05, 0) is 30.2 Å². The van der Waals surface area contributed by atoms with Crippen LogP contribution >= 0.6 is 15.9 Å². The van der Waals surface area contributed by atoms with E-state index >= 15 is 0 Å². The van der Waals surface area contributed by atoms with E-state index in [2.05, 4.69) is 26.3 Å². The van der Waals surface area contributed by atoms with Crippen LogP contribution in [0.1, 0.15) is 11.1 Å². The number of alkyl halides is 3. The summed E-state index contributed by atoms with van der Waals surface area (Å²) in [7, 11) is 1.82. The summed E-state index contributed by atoms with van der Waals surface area (Å²) < 4.78 is 40.1. The molecule has 108 valence electrons. The molecule has 0 saturated carbocycles. The minimum atomic E-state index is -4.34. The Labute approximate surface area is 122 Å². The average molecular weight is 348 g/mol. The Kier molecular flexibility index (Phi) is 4.37. The van der Waals surface area contributed by atoms with Gasteiger partial charge < -0.3 is 5.32 Å². The maximum absolute atomic E-state index is 12.7. The van der Waals surface area contributed by atoms with Crippen molar-refractivity contribution in [3.05, 3.63) is 46.2 Å². The van der Waals surface area contributed by atoms with E-state index in [0.717, 1.165) is 17.7 Å². The third-order valence-corrected chi connectivity index (χ3v) is 3.18. The number of anilines is 1. The molecule has 1 aromatic carbocycles. The number of hydrogen-bond donors (Lipinski definition) is 1. The molecule has 20 heavy (non-hydrogen) atoms. The molecular formula is C13H13BrF3N3. The van der Waals surface area contributed by atoms with E-state index in [1.54, 1.807) is 16.9 Å². The minimum Gasteiger partial charge on any atom is -0.385 e. The van der Waals surface area contributed by atoms with Crippen LogP contribution in [0.3, 0.4) is 0 Å². The average Bonchev–Trinajstić information content (AvgIpc) is 2.73. The van der Waals surface area contributed by atoms with Gasteiger partial charge in [-0.25, -0.2) is 0 Å². The summed E-state index contributed by atoms with van der Waals surface area (Å²) in [5.41, 5.74) is 0.803. The van der Waals surface area contributed by atoms with E-state index in [-0.39, 0.29) is 0 Å². The van der Waals surface area contributed by atoms with Crippen LogP contribution < -0.4 is 5.32 Å². The van der Waals surface area contributed by atoms with E-state index in [1.165, 1.54) is 0 Å². The van der Waals surface area contributed by atoms with Gasteiger partial charge in [0, 0.05) is 29.9 Å². The molecule has 0 aliphatic heterocycles. The maximum Gasteiger partial charge on any atom is 0.416 e. The first-order valence-electron chi connectivity index (χ1n) is 5.94. The number of aryl methyl sites for hydroxylation is 1. The molecule has 0 amide bonds. The quantitative estimate of drug-likeness (QED) is 0.910. The second-order valence-electron chi connectivity index (χ2n) is 4.43. The molecule has 7 heteroatoms. The Morgan fingerprint density at radius 3 is 2.65 bits per heavy atom. The summed E-state index contributed by atoms with van der Waals surface area (Å²) in [4.78, 5) is 0. The second-order valence-corrected chi connectivity index (χ2v) is 5.34. The van der Waals surface area contributed by atoms with E-state index in [9.17, 15) is 13.2 Å². The molecule has 0 fully saturated rings. The van der Waals surface area contributed by atoms with Gasteiger partial charge in [0.05, 0.1) is 11.8 Å². The van der Waals surface area contributed by atoms with Crippen LogP contribution in [0.2, 0.25) is 0 Å². The number of nitrogens with one attached hydrogen (secondary N) is 1. The third kappa shape index (κ3) is 4.00. The molecule has 0 bridgehead atoms. The van der Waals surface area contributed by atoms with Gasteiger partial charge in [-0.15, -0.1) is 0 Å². The highest BCUT2D eigenvalue weighted by Crippen LogP contribution is 2.33. The molecule has 1 aromatic heterocycles. The van der Waals surface area contributed by atoms with Crippen molar-refractivity contribution in [2.75, 3.05) is 11.9 Å². The van der Waals surface area contributed by atoms with Gasteiger partial charge in [-0.2, -0.15) is 18.3 Å². The standard InChI is InChI=1S/C13H13BrF3N3/c1-20-8-9(7-19-20)2-3-18-12-5-10(13(15,16)17)4-11(14)6-12/h4-8,18H,2-3H2,1H3. The van der Waals surface area contributed by atoms with Gasteiger partial charge in [0.2, 0.25) is 0 Å². The Morgan fingerprint density at radius 1 is 1.30 bits per heavy atom. The zero-order chi connectivity index (χ0) is 14.8. The van der Waals surface area contributed by atoms with E-state index in [1.807, 2.05) is 13.2 Å². The molecule has 2 aromatic rings. The van der Waals surface area contributed by atoms with Gasteiger partial charge in [-0.3, -0.25) is 4.68 Å². The second kappa shape index (κ2) is 5.87. The Hall–Kier alpha value is -1.50. The predicted molar refractivity (Wildman–Crippen MR) is 74.5 cm³/mol. The van der Waals surface area contributed by atoms with Crippen LogP contribution in [0.25, 0.3) is 0 Å². The maximum atomic E-state index is 12.7. The SMILES string of the molecule is Cn1cc(CCNc2cc(Br)cc(C(F)(F)F)c2)cn1. The largest absolute Gasteiger partial charge is 0.416 e. The minimum absolute atomic E-state index is 0.399. The van der Waals surface area contributed by atoms with E-state index in [4.69, 9.17) is 0 Å². The molecule has 0 aliphatic rings. The first kappa shape index (κ1) is 14.9. The van der Waals surface area contributed by atoms with E-state index < -0.39 is 11.7 Å². The van der Waals surface area contributed by atoms with Crippen molar-refractivity contribution in [2.24, 2.45) is 7.05 Å². The molecule has 0 aliphatic carbocycles. The van der Waals surface area contributed by atoms with Crippen LogP contribution in [-0.2, 0) is 19.6 Å². The van der Waals surface area contributed by atoms with Gasteiger partial charge in [0.15, 0.2) is 0 Å². The number of nitrogens with zero attached hydrogens (tertiary/aromatic N) is 2. The van der Waals surface area contributed by atoms with Crippen molar-refractivity contribution in [2.45, 2.75) is 12.6 Å². The number of benzene rings is 1. The zero-order valence-electron chi connectivity index (χ0n) is 10.7. The first-order valence-corrected chi connectivity index (χ1v) is 6.73. The summed E-state index contributed by atoms with van der Waals surface area (Å²) in [5, 5.41) is 7.02. The molecular weight excluding hydrogens is 335 g/mol. The smallest absolute Gasteiger partial charge is 0.385 e. The Morgan fingerprint density at radius 2 is 2.05 bits per heavy atom. The molecule has 3 nitrogen and oxygen atoms in total. The van der Waals surface area contributed by atoms with Crippen molar-refractivity contribution >= 4 is 21.6 Å². The Balaban J connectivity index is 2.00. The monoisotopic (exact) mass is 347 g/mol. The molecule has 0 atom stereocenters. The highest BCUT2D eigenvalue weighted by Gasteiger charge is 2.31. The summed E-state index contributed by atoms with van der Waals surface area (Å²) in [6.07, 6.45) is -0.0290. The van der Waals surface area contributed by atoms with Gasteiger partial charge in [-0.1, -0.05) is 15.9 Å². The van der Waals surface area contributed by atoms with Crippen LogP contribution in [-0.4, -0.2) is 16.3 Å².